The largest absolute Gasteiger partial charge is 1.00 e. The molecule has 0 atom stereocenters. The van der Waals surface area contributed by atoms with E-state index in [9.17, 15) is 0 Å². The maximum absolute atomic E-state index is 3.32. The number of rotatable bonds is 1. The molecule has 66 valence electrons. The molecular weight excluding hydrogens is 183 g/mol. The summed E-state index contributed by atoms with van der Waals surface area (Å²) in [5.74, 6) is 0. The number of aryl methyl sites for hydroxylation is 2. The van der Waals surface area contributed by atoms with Crippen molar-refractivity contribution in [3.8, 4) is 10.4 Å². The fraction of sp³-hybridized carbons (Fsp3) is 0.167. The van der Waals surface area contributed by atoms with Crippen LogP contribution in [0.5, 0.6) is 0 Å². The minimum Gasteiger partial charge on any atom is -0.262 e. The summed E-state index contributed by atoms with van der Waals surface area (Å²) in [6.07, 6.45) is 0. The van der Waals surface area contributed by atoms with Crippen molar-refractivity contribution in [2.24, 2.45) is 0 Å². The Hall–Kier alpha value is -0.483. The maximum atomic E-state index is 3.32. The molecule has 0 N–H and O–H groups in total. The first-order chi connectivity index (χ1) is 6.27. The van der Waals surface area contributed by atoms with E-state index >= 15 is 0 Å². The normalized spacial score (nSPS) is 9.57. The van der Waals surface area contributed by atoms with Crippen molar-refractivity contribution in [1.29, 1.82) is 0 Å². The van der Waals surface area contributed by atoms with Gasteiger partial charge in [0.1, 0.15) is 0 Å². The van der Waals surface area contributed by atoms with Gasteiger partial charge in [0.15, 0.2) is 0 Å². The Balaban J connectivity index is 0.000000980. The average Bonchev–Trinajstić information content (AvgIpc) is 2.47. The molecule has 0 saturated carbocycles. The van der Waals surface area contributed by atoms with Gasteiger partial charge >= 0.3 is 18.9 Å². The summed E-state index contributed by atoms with van der Waals surface area (Å²) in [6.45, 7) is 4.22. The molecule has 1 heterocycles. The van der Waals surface area contributed by atoms with Gasteiger partial charge in [-0.3, -0.25) is 11.3 Å². The Morgan fingerprint density at radius 3 is 2.21 bits per heavy atom. The number of thiophene rings is 1. The van der Waals surface area contributed by atoms with Crippen LogP contribution < -0.4 is 18.9 Å². The Kier molecular flexibility index (Phi) is 4.01. The van der Waals surface area contributed by atoms with Crippen LogP contribution in [0.3, 0.4) is 0 Å². The molecule has 1 aromatic carbocycles. The van der Waals surface area contributed by atoms with E-state index in [1.54, 1.807) is 0 Å². The molecule has 0 radical (unpaired) electrons. The predicted molar refractivity (Wildman–Crippen MR) is 58.1 cm³/mol. The van der Waals surface area contributed by atoms with Crippen LogP contribution in [0.1, 0.15) is 10.4 Å². The Bertz CT molecular complexity index is 404. The van der Waals surface area contributed by atoms with Gasteiger partial charge in [0, 0.05) is 0 Å². The fourth-order valence-electron chi connectivity index (χ4n) is 1.44. The summed E-state index contributed by atoms with van der Waals surface area (Å²) in [7, 11) is 0. The van der Waals surface area contributed by atoms with Crippen molar-refractivity contribution < 1.29 is 18.9 Å². The third kappa shape index (κ3) is 2.30. The van der Waals surface area contributed by atoms with E-state index in [1.807, 2.05) is 17.4 Å². The Labute approximate surface area is 101 Å². The van der Waals surface area contributed by atoms with Crippen molar-refractivity contribution in [1.82, 2.24) is 0 Å². The summed E-state index contributed by atoms with van der Waals surface area (Å²) in [4.78, 5) is 2.61. The van der Waals surface area contributed by atoms with E-state index in [-0.39, 0.29) is 18.9 Å². The minimum absolute atomic E-state index is 0. The van der Waals surface area contributed by atoms with E-state index in [0.717, 1.165) is 0 Å². The smallest absolute Gasteiger partial charge is 0.262 e. The molecule has 0 fully saturated rings. The van der Waals surface area contributed by atoms with Gasteiger partial charge in [-0.15, -0.1) is 9.75 Å². The van der Waals surface area contributed by atoms with Crippen LogP contribution in [0.15, 0.2) is 30.3 Å². The van der Waals surface area contributed by atoms with Crippen molar-refractivity contribution in [3.05, 3.63) is 46.8 Å². The zero-order valence-corrected chi connectivity index (χ0v) is 9.61. The molecule has 2 aromatic rings. The maximum Gasteiger partial charge on any atom is 1.00 e. The second-order valence-electron chi connectivity index (χ2n) is 3.10. The van der Waals surface area contributed by atoms with Gasteiger partial charge in [-0.2, -0.15) is 0 Å². The molecule has 0 saturated heterocycles. The van der Waals surface area contributed by atoms with Crippen molar-refractivity contribution in [2.75, 3.05) is 0 Å². The molecule has 2 rings (SSSR count). The van der Waals surface area contributed by atoms with Crippen LogP contribution in [0, 0.1) is 19.9 Å². The second kappa shape index (κ2) is 4.84. The third-order valence-electron chi connectivity index (χ3n) is 2.00. The van der Waals surface area contributed by atoms with Gasteiger partial charge < -0.3 is 0 Å². The quantitative estimate of drug-likeness (QED) is 0.466. The Morgan fingerprint density at radius 1 is 1.07 bits per heavy atom. The first-order valence-corrected chi connectivity index (χ1v) is 5.14. The molecule has 2 heteroatoms. The molecule has 14 heavy (non-hydrogen) atoms. The van der Waals surface area contributed by atoms with E-state index in [2.05, 4.69) is 44.2 Å². The van der Waals surface area contributed by atoms with Crippen LogP contribution in [0.2, 0.25) is 0 Å². The molecule has 0 aliphatic heterocycles. The van der Waals surface area contributed by atoms with Gasteiger partial charge in [-0.1, -0.05) is 42.8 Å². The SMILES string of the molecule is Cc1[c-]c(C)c(-c2ccccc2)s1.[Li+]. The summed E-state index contributed by atoms with van der Waals surface area (Å²) < 4.78 is 0. The van der Waals surface area contributed by atoms with E-state index < -0.39 is 0 Å². The van der Waals surface area contributed by atoms with Crippen LogP contribution in [-0.2, 0) is 0 Å². The van der Waals surface area contributed by atoms with E-state index in [0.29, 0.717) is 0 Å². The van der Waals surface area contributed by atoms with Gasteiger partial charge in [0.05, 0.1) is 0 Å². The molecule has 0 unspecified atom stereocenters. The molecule has 1 aromatic heterocycles. The first-order valence-electron chi connectivity index (χ1n) is 4.32. The number of hydrogen-bond donors (Lipinski definition) is 0. The van der Waals surface area contributed by atoms with Gasteiger partial charge in [0.25, 0.3) is 0 Å². The standard InChI is InChI=1S/C12H11S.Li/c1-9-8-10(2)13-12(9)11-6-4-3-5-7-11;/h3-7H,1-2H3;/q-1;+1. The topological polar surface area (TPSA) is 0 Å². The number of hydrogen-bond acceptors (Lipinski definition) is 1. The monoisotopic (exact) mass is 194 g/mol. The van der Waals surface area contributed by atoms with Crippen molar-refractivity contribution >= 4 is 11.3 Å². The van der Waals surface area contributed by atoms with Crippen molar-refractivity contribution in [3.63, 3.8) is 0 Å². The van der Waals surface area contributed by atoms with Crippen molar-refractivity contribution in [2.45, 2.75) is 13.8 Å². The first kappa shape index (κ1) is 11.6. The molecular formula is C12H11LiS. The van der Waals surface area contributed by atoms with Crippen LogP contribution >= 0.6 is 11.3 Å². The Morgan fingerprint density at radius 2 is 1.71 bits per heavy atom. The molecule has 0 aliphatic carbocycles. The minimum atomic E-state index is 0. The van der Waals surface area contributed by atoms with Crippen LogP contribution in [-0.4, -0.2) is 0 Å². The van der Waals surface area contributed by atoms with Crippen LogP contribution in [0.4, 0.5) is 0 Å². The molecule has 0 nitrogen and oxygen atoms in total. The summed E-state index contributed by atoms with van der Waals surface area (Å²) in [6, 6.07) is 13.8. The average molecular weight is 194 g/mol. The van der Waals surface area contributed by atoms with Gasteiger partial charge in [-0.05, 0) is 6.92 Å². The third-order valence-corrected chi connectivity index (χ3v) is 3.15. The van der Waals surface area contributed by atoms with Crippen LogP contribution in [0.25, 0.3) is 10.4 Å². The second-order valence-corrected chi connectivity index (χ2v) is 4.33. The molecule has 0 bridgehead atoms. The summed E-state index contributed by atoms with van der Waals surface area (Å²) in [5, 5.41) is 0. The van der Waals surface area contributed by atoms with Gasteiger partial charge in [-0.25, -0.2) is 11.6 Å². The molecule has 0 amide bonds. The summed E-state index contributed by atoms with van der Waals surface area (Å²) in [5.41, 5.74) is 2.56. The van der Waals surface area contributed by atoms with E-state index in [4.69, 9.17) is 0 Å². The molecule has 0 spiro atoms. The zero-order valence-electron chi connectivity index (χ0n) is 8.79. The summed E-state index contributed by atoms with van der Waals surface area (Å²) >= 11 is 1.81. The number of benzene rings is 1. The zero-order chi connectivity index (χ0) is 9.26. The molecule has 0 aliphatic rings. The fourth-order valence-corrected chi connectivity index (χ4v) is 2.41. The predicted octanol–water partition coefficient (Wildman–Crippen LogP) is 0.836. The van der Waals surface area contributed by atoms with E-state index in [1.165, 1.54) is 20.9 Å². The van der Waals surface area contributed by atoms with Gasteiger partial charge in [0.2, 0.25) is 0 Å².